The first-order valence-electron chi connectivity index (χ1n) is 15.8. The standard InChI is InChI=1S/C33H44N4O8S2/c1-3-43-31-12-11-26(25-9-7-24(20-34)8-10-25)17-32(31)47(41,42)37-15-13-33(14-16-37)19-27(22-45-33)36-21-28(38)23-44-29-5-4-6-30(18-29)46(39,40)35-2/h4-12,17-18,27-28,35-36,38H,3,13-16,19-23,34H2,1-2H3/t27?,28-/m0/s1. The molecule has 1 spiro atoms. The van der Waals surface area contributed by atoms with Gasteiger partial charge in [0.2, 0.25) is 20.0 Å². The van der Waals surface area contributed by atoms with Crippen LogP contribution in [-0.4, -0.2) is 90.5 Å². The predicted molar refractivity (Wildman–Crippen MR) is 178 cm³/mol. The Balaban J connectivity index is 1.15. The first-order chi connectivity index (χ1) is 22.5. The van der Waals surface area contributed by atoms with E-state index in [4.69, 9.17) is 19.9 Å². The van der Waals surface area contributed by atoms with Crippen molar-refractivity contribution in [1.29, 1.82) is 0 Å². The molecule has 12 nitrogen and oxygen atoms in total. The van der Waals surface area contributed by atoms with Gasteiger partial charge in [0.25, 0.3) is 0 Å². The van der Waals surface area contributed by atoms with E-state index in [-0.39, 0.29) is 29.0 Å². The quantitative estimate of drug-likeness (QED) is 0.197. The third-order valence-corrected chi connectivity index (χ3v) is 12.0. The third kappa shape index (κ3) is 8.32. The second-order valence-corrected chi connectivity index (χ2v) is 15.6. The molecule has 0 radical (unpaired) electrons. The summed E-state index contributed by atoms with van der Waals surface area (Å²) in [6, 6.07) is 19.1. The lowest BCUT2D eigenvalue weighted by Gasteiger charge is -2.38. The van der Waals surface area contributed by atoms with Crippen LogP contribution < -0.4 is 25.2 Å². The lowest BCUT2D eigenvalue weighted by molar-refractivity contribution is -0.0312. The van der Waals surface area contributed by atoms with Crippen LogP contribution in [-0.2, 0) is 31.3 Å². The van der Waals surface area contributed by atoms with Crippen molar-refractivity contribution in [3.8, 4) is 22.6 Å². The molecule has 5 rings (SSSR count). The fraction of sp³-hybridized carbons (Fsp3) is 0.455. The molecule has 3 aromatic rings. The zero-order chi connectivity index (χ0) is 33.7. The molecule has 0 saturated carbocycles. The highest BCUT2D eigenvalue weighted by Gasteiger charge is 2.45. The summed E-state index contributed by atoms with van der Waals surface area (Å²) in [6.45, 7) is 3.91. The van der Waals surface area contributed by atoms with E-state index in [2.05, 4.69) is 10.0 Å². The highest BCUT2D eigenvalue weighted by Crippen LogP contribution is 2.39. The van der Waals surface area contributed by atoms with E-state index < -0.39 is 31.8 Å². The van der Waals surface area contributed by atoms with Crippen LogP contribution in [0.5, 0.6) is 11.5 Å². The summed E-state index contributed by atoms with van der Waals surface area (Å²) < 4.78 is 73.4. The van der Waals surface area contributed by atoms with Crippen LogP contribution in [0.1, 0.15) is 31.7 Å². The predicted octanol–water partition coefficient (Wildman–Crippen LogP) is 2.46. The Morgan fingerprint density at radius 2 is 1.74 bits per heavy atom. The van der Waals surface area contributed by atoms with Crippen molar-refractivity contribution < 1.29 is 36.2 Å². The number of hydrogen-bond acceptors (Lipinski definition) is 10. The first-order valence-corrected chi connectivity index (χ1v) is 18.7. The summed E-state index contributed by atoms with van der Waals surface area (Å²) in [5.74, 6) is 0.668. The Morgan fingerprint density at radius 1 is 1.02 bits per heavy atom. The van der Waals surface area contributed by atoms with Crippen molar-refractivity contribution in [2.45, 2.75) is 60.3 Å². The van der Waals surface area contributed by atoms with Gasteiger partial charge < -0.3 is 30.4 Å². The van der Waals surface area contributed by atoms with Gasteiger partial charge in [0, 0.05) is 38.3 Å². The van der Waals surface area contributed by atoms with Crippen molar-refractivity contribution in [2.75, 3.05) is 46.5 Å². The number of ether oxygens (including phenoxy) is 3. The molecule has 0 aliphatic carbocycles. The van der Waals surface area contributed by atoms with Gasteiger partial charge >= 0.3 is 0 Å². The number of benzene rings is 3. The van der Waals surface area contributed by atoms with Crippen LogP contribution in [0.4, 0.5) is 0 Å². The van der Waals surface area contributed by atoms with Gasteiger partial charge in [0.15, 0.2) is 0 Å². The maximum absolute atomic E-state index is 14.0. The number of nitrogens with zero attached hydrogens (tertiary/aromatic N) is 1. The number of rotatable bonds is 14. The van der Waals surface area contributed by atoms with Crippen LogP contribution in [0.2, 0.25) is 0 Å². The van der Waals surface area contributed by atoms with Crippen molar-refractivity contribution in [1.82, 2.24) is 14.3 Å². The SMILES string of the molecule is CCOc1ccc(-c2ccc(CN)cc2)cc1S(=O)(=O)N1CCC2(CC1)CC(NC[C@H](O)COc1cccc(S(=O)(=O)NC)c1)CO2. The minimum absolute atomic E-state index is 0.0104. The molecular weight excluding hydrogens is 645 g/mol. The number of piperidine rings is 1. The molecule has 47 heavy (non-hydrogen) atoms. The summed E-state index contributed by atoms with van der Waals surface area (Å²) in [5, 5.41) is 13.8. The highest BCUT2D eigenvalue weighted by atomic mass is 32.2. The second-order valence-electron chi connectivity index (χ2n) is 11.9. The maximum Gasteiger partial charge on any atom is 0.246 e. The van der Waals surface area contributed by atoms with Crippen molar-refractivity contribution in [3.05, 3.63) is 72.3 Å². The van der Waals surface area contributed by atoms with Gasteiger partial charge in [-0.25, -0.2) is 21.6 Å². The van der Waals surface area contributed by atoms with E-state index >= 15 is 0 Å². The van der Waals surface area contributed by atoms with Crippen molar-refractivity contribution in [2.24, 2.45) is 5.73 Å². The fourth-order valence-corrected chi connectivity index (χ4v) is 8.36. The molecule has 2 aliphatic rings. The normalized spacial score (nSPS) is 19.1. The Kier molecular flexibility index (Phi) is 11.2. The number of aliphatic hydroxyl groups is 1. The largest absolute Gasteiger partial charge is 0.492 e. The number of aliphatic hydroxyl groups excluding tert-OH is 1. The Hall–Kier alpha value is -3.08. The summed E-state index contributed by atoms with van der Waals surface area (Å²) in [6.07, 6.45) is 0.951. The summed E-state index contributed by atoms with van der Waals surface area (Å²) in [4.78, 5) is 0.226. The average molecular weight is 689 g/mol. The van der Waals surface area contributed by atoms with Crippen LogP contribution in [0.25, 0.3) is 11.1 Å². The van der Waals surface area contributed by atoms with Gasteiger partial charge in [-0.15, -0.1) is 0 Å². The fourth-order valence-electron chi connectivity index (χ4n) is 6.00. The van der Waals surface area contributed by atoms with Crippen LogP contribution in [0.3, 0.4) is 0 Å². The van der Waals surface area contributed by atoms with Crippen LogP contribution in [0, 0.1) is 0 Å². The van der Waals surface area contributed by atoms with Crippen LogP contribution >= 0.6 is 0 Å². The first kappa shape index (κ1) is 35.2. The van der Waals surface area contributed by atoms with E-state index in [0.717, 1.165) is 16.7 Å². The Labute approximate surface area is 277 Å². The summed E-state index contributed by atoms with van der Waals surface area (Å²) in [7, 11) is -6.11. The minimum Gasteiger partial charge on any atom is -0.492 e. The lowest BCUT2D eigenvalue weighted by Crippen LogP contribution is -2.47. The third-order valence-electron chi connectivity index (χ3n) is 8.70. The average Bonchev–Trinajstić information content (AvgIpc) is 3.48. The van der Waals surface area contributed by atoms with Gasteiger partial charge in [0.1, 0.15) is 29.1 Å². The number of nitrogens with two attached hydrogens (primary N) is 1. The smallest absolute Gasteiger partial charge is 0.246 e. The number of sulfonamides is 2. The van der Waals surface area contributed by atoms with Gasteiger partial charge in [-0.2, -0.15) is 4.31 Å². The van der Waals surface area contributed by atoms with Crippen molar-refractivity contribution >= 4 is 20.0 Å². The zero-order valence-electron chi connectivity index (χ0n) is 26.7. The van der Waals surface area contributed by atoms with Gasteiger partial charge in [-0.3, -0.25) is 0 Å². The molecule has 1 unspecified atom stereocenters. The molecular formula is C33H44N4O8S2. The van der Waals surface area contributed by atoms with Crippen LogP contribution in [0.15, 0.2) is 76.5 Å². The van der Waals surface area contributed by atoms with E-state index in [9.17, 15) is 21.9 Å². The Morgan fingerprint density at radius 3 is 2.43 bits per heavy atom. The summed E-state index contributed by atoms with van der Waals surface area (Å²) >= 11 is 0. The molecule has 0 bridgehead atoms. The molecule has 2 heterocycles. The molecule has 2 saturated heterocycles. The Bertz CT molecular complexity index is 1730. The van der Waals surface area contributed by atoms with E-state index in [1.165, 1.54) is 23.5 Å². The molecule has 3 aromatic carbocycles. The van der Waals surface area contributed by atoms with Gasteiger partial charge in [-0.1, -0.05) is 36.4 Å². The van der Waals surface area contributed by atoms with Gasteiger partial charge in [0.05, 0.1) is 23.7 Å². The number of nitrogens with one attached hydrogen (secondary N) is 2. The molecule has 0 amide bonds. The van der Waals surface area contributed by atoms with Crippen molar-refractivity contribution in [3.63, 3.8) is 0 Å². The van der Waals surface area contributed by atoms with E-state index in [0.29, 0.717) is 63.6 Å². The lowest BCUT2D eigenvalue weighted by atomic mass is 9.88. The van der Waals surface area contributed by atoms with Gasteiger partial charge in [-0.05, 0) is 74.2 Å². The molecule has 0 aromatic heterocycles. The molecule has 256 valence electrons. The molecule has 2 aliphatic heterocycles. The minimum atomic E-state index is -3.85. The molecule has 5 N–H and O–H groups in total. The monoisotopic (exact) mass is 688 g/mol. The molecule has 2 atom stereocenters. The number of hydrogen-bond donors (Lipinski definition) is 4. The zero-order valence-corrected chi connectivity index (χ0v) is 28.4. The highest BCUT2D eigenvalue weighted by molar-refractivity contribution is 7.89. The second kappa shape index (κ2) is 15.0. The topological polar surface area (TPSA) is 170 Å². The maximum atomic E-state index is 14.0. The molecule has 14 heteroatoms. The summed E-state index contributed by atoms with van der Waals surface area (Å²) in [5.41, 5.74) is 7.96. The van der Waals surface area contributed by atoms with E-state index in [1.807, 2.05) is 37.3 Å². The molecule has 2 fully saturated rings. The van der Waals surface area contributed by atoms with E-state index in [1.54, 1.807) is 24.3 Å².